The second kappa shape index (κ2) is 14.5. The van der Waals surface area contributed by atoms with Crippen molar-refractivity contribution >= 4 is 33.8 Å². The number of nitrogens with zero attached hydrogens (tertiary/aromatic N) is 3. The number of hydrogen-bond acceptors (Lipinski definition) is 3. The van der Waals surface area contributed by atoms with Crippen molar-refractivity contribution in [1.29, 1.82) is 0 Å². The minimum absolute atomic E-state index is 0.133. The van der Waals surface area contributed by atoms with Gasteiger partial charge in [0.25, 0.3) is 0 Å². The molecule has 0 bridgehead atoms. The minimum atomic E-state index is -3.24. The summed E-state index contributed by atoms with van der Waals surface area (Å²) < 4.78 is 26.9. The van der Waals surface area contributed by atoms with Crippen LogP contribution in [0, 0.1) is 5.92 Å². The minimum Gasteiger partial charge on any atom is -0.355 e. The smallest absolute Gasteiger partial charge is 0.217 e. The molecule has 1 aliphatic heterocycles. The van der Waals surface area contributed by atoms with Crippen molar-refractivity contribution in [3.8, 4) is 0 Å². The van der Waals surface area contributed by atoms with Crippen LogP contribution in [-0.4, -0.2) is 56.8 Å². The van der Waals surface area contributed by atoms with Crippen LogP contribution in [-0.2, 0) is 16.4 Å². The molecule has 1 N–H and O–H groups in total. The summed E-state index contributed by atoms with van der Waals surface area (Å²) >= 11 is 5.88. The topological polar surface area (TPSA) is 74.1 Å². The van der Waals surface area contributed by atoms with Gasteiger partial charge in [-0.3, -0.25) is 4.99 Å². The van der Waals surface area contributed by atoms with Crippen LogP contribution in [0.15, 0.2) is 34.3 Å². The van der Waals surface area contributed by atoms with Gasteiger partial charge in [0, 0.05) is 37.4 Å². The Morgan fingerprint density at radius 3 is 2.40 bits per heavy atom. The molecule has 0 aromatic heterocycles. The summed E-state index contributed by atoms with van der Waals surface area (Å²) in [6.07, 6.45) is 4.89. The standard InChI is InChI=1S/C20H31ClN4O2S.C2H6/c1-3-12-23-20(22-4-2)24-16-18-9-13-25(14-10-18)28(26,27)15-11-17-5-7-19(21)8-6-17;1-2/h5-8,12,18H,3-4,9-11,13-16H2,1-2H3,(H,22,24);1-2H3/b23-12-;. The zero-order valence-corrected chi connectivity index (χ0v) is 20.3. The quantitative estimate of drug-likeness (QED) is 0.465. The van der Waals surface area contributed by atoms with E-state index in [1.807, 2.05) is 46.0 Å². The lowest BCUT2D eigenvalue weighted by Gasteiger charge is -2.30. The molecule has 6 nitrogen and oxygen atoms in total. The van der Waals surface area contributed by atoms with E-state index in [0.717, 1.165) is 31.4 Å². The predicted molar refractivity (Wildman–Crippen MR) is 129 cm³/mol. The molecule has 0 amide bonds. The van der Waals surface area contributed by atoms with Crippen molar-refractivity contribution < 1.29 is 8.42 Å². The molecular formula is C22H37ClN4O2S. The average Bonchev–Trinajstić information content (AvgIpc) is 2.77. The molecule has 0 radical (unpaired) electrons. The molecule has 0 aliphatic carbocycles. The Kier molecular flexibility index (Phi) is 12.9. The summed E-state index contributed by atoms with van der Waals surface area (Å²) in [5, 5.41) is 3.82. The van der Waals surface area contributed by atoms with E-state index in [-0.39, 0.29) is 5.75 Å². The van der Waals surface area contributed by atoms with E-state index in [0.29, 0.717) is 43.0 Å². The number of aliphatic imine (C=N–C) groups is 2. The maximum Gasteiger partial charge on any atom is 0.217 e. The van der Waals surface area contributed by atoms with Crippen LogP contribution in [0.5, 0.6) is 0 Å². The number of halogens is 1. The van der Waals surface area contributed by atoms with Crippen molar-refractivity contribution in [3.63, 3.8) is 0 Å². The highest BCUT2D eigenvalue weighted by Crippen LogP contribution is 2.21. The largest absolute Gasteiger partial charge is 0.355 e. The molecule has 0 saturated carbocycles. The van der Waals surface area contributed by atoms with Gasteiger partial charge >= 0.3 is 0 Å². The van der Waals surface area contributed by atoms with Gasteiger partial charge in [-0.05, 0) is 56.2 Å². The monoisotopic (exact) mass is 456 g/mol. The Hall–Kier alpha value is -1.44. The molecule has 0 unspecified atom stereocenters. The van der Waals surface area contributed by atoms with Gasteiger partial charge in [0.15, 0.2) is 0 Å². The van der Waals surface area contributed by atoms with Gasteiger partial charge in [-0.25, -0.2) is 17.7 Å². The normalized spacial score (nSPS) is 16.4. The van der Waals surface area contributed by atoms with Crippen LogP contribution in [0.25, 0.3) is 0 Å². The van der Waals surface area contributed by atoms with Gasteiger partial charge in [-0.15, -0.1) is 0 Å². The summed E-state index contributed by atoms with van der Waals surface area (Å²) in [5.74, 6) is 1.20. The zero-order valence-electron chi connectivity index (χ0n) is 18.8. The van der Waals surface area contributed by atoms with Crippen LogP contribution in [0.1, 0.15) is 52.5 Å². The van der Waals surface area contributed by atoms with E-state index in [9.17, 15) is 8.42 Å². The summed E-state index contributed by atoms with van der Waals surface area (Å²) in [7, 11) is -3.24. The maximum atomic E-state index is 12.6. The predicted octanol–water partition coefficient (Wildman–Crippen LogP) is 4.40. The molecule has 1 aromatic carbocycles. The third-order valence-electron chi connectivity index (χ3n) is 4.76. The fourth-order valence-electron chi connectivity index (χ4n) is 3.09. The summed E-state index contributed by atoms with van der Waals surface area (Å²) in [6, 6.07) is 7.35. The fraction of sp³-hybridized carbons (Fsp3) is 0.636. The maximum absolute atomic E-state index is 12.6. The Balaban J connectivity index is 0.00000218. The average molecular weight is 457 g/mol. The second-order valence-electron chi connectivity index (χ2n) is 6.95. The Labute approximate surface area is 187 Å². The van der Waals surface area contributed by atoms with Crippen LogP contribution in [0.3, 0.4) is 0 Å². The highest BCUT2D eigenvalue weighted by molar-refractivity contribution is 7.89. The van der Waals surface area contributed by atoms with Crippen molar-refractivity contribution in [2.24, 2.45) is 15.9 Å². The first-order chi connectivity index (χ1) is 14.4. The number of guanidine groups is 1. The molecular weight excluding hydrogens is 420 g/mol. The fourth-order valence-corrected chi connectivity index (χ4v) is 4.74. The highest BCUT2D eigenvalue weighted by atomic mass is 35.5. The lowest BCUT2D eigenvalue weighted by molar-refractivity contribution is 0.279. The van der Waals surface area contributed by atoms with Crippen LogP contribution in [0.2, 0.25) is 5.02 Å². The van der Waals surface area contributed by atoms with Crippen LogP contribution >= 0.6 is 11.6 Å². The van der Waals surface area contributed by atoms with Crippen LogP contribution < -0.4 is 5.32 Å². The lowest BCUT2D eigenvalue weighted by atomic mass is 9.98. The first kappa shape index (κ1) is 26.6. The molecule has 1 heterocycles. The van der Waals surface area contributed by atoms with E-state index < -0.39 is 10.0 Å². The molecule has 8 heteroatoms. The van der Waals surface area contributed by atoms with Gasteiger partial charge in [0.2, 0.25) is 16.0 Å². The SMILES string of the molecule is CC.CC/C=N\C(=NCC1CCN(S(=O)(=O)CCc2ccc(Cl)cc2)CC1)NCC. The van der Waals surface area contributed by atoms with Crippen molar-refractivity contribution in [3.05, 3.63) is 34.9 Å². The molecule has 30 heavy (non-hydrogen) atoms. The number of aryl methyl sites for hydroxylation is 1. The Bertz CT molecular complexity index is 756. The molecule has 1 aliphatic rings. The number of rotatable bonds is 8. The Morgan fingerprint density at radius 2 is 1.83 bits per heavy atom. The van der Waals surface area contributed by atoms with E-state index in [1.165, 1.54) is 0 Å². The molecule has 2 rings (SSSR count). The first-order valence-electron chi connectivity index (χ1n) is 11.0. The van der Waals surface area contributed by atoms with E-state index in [2.05, 4.69) is 15.3 Å². The molecule has 170 valence electrons. The van der Waals surface area contributed by atoms with Gasteiger partial charge < -0.3 is 5.32 Å². The van der Waals surface area contributed by atoms with E-state index >= 15 is 0 Å². The number of benzene rings is 1. The van der Waals surface area contributed by atoms with Crippen molar-refractivity contribution in [1.82, 2.24) is 9.62 Å². The second-order valence-corrected chi connectivity index (χ2v) is 9.47. The van der Waals surface area contributed by atoms with Gasteiger partial charge in [-0.1, -0.05) is 44.5 Å². The van der Waals surface area contributed by atoms with E-state index in [1.54, 1.807) is 16.4 Å². The summed E-state index contributed by atoms with van der Waals surface area (Å²) in [4.78, 5) is 8.90. The third kappa shape index (κ3) is 9.58. The van der Waals surface area contributed by atoms with Crippen molar-refractivity contribution in [2.45, 2.75) is 53.4 Å². The summed E-state index contributed by atoms with van der Waals surface area (Å²) in [6.45, 7) is 10.7. The van der Waals surface area contributed by atoms with Gasteiger partial charge in [0.05, 0.1) is 5.75 Å². The number of sulfonamides is 1. The Morgan fingerprint density at radius 1 is 1.20 bits per heavy atom. The van der Waals surface area contributed by atoms with E-state index in [4.69, 9.17) is 11.6 Å². The highest BCUT2D eigenvalue weighted by Gasteiger charge is 2.27. The lowest BCUT2D eigenvalue weighted by Crippen LogP contribution is -2.40. The first-order valence-corrected chi connectivity index (χ1v) is 13.0. The molecule has 1 fully saturated rings. The zero-order chi connectivity index (χ0) is 22.4. The number of hydrogen-bond donors (Lipinski definition) is 1. The van der Waals surface area contributed by atoms with Gasteiger partial charge in [0.1, 0.15) is 0 Å². The van der Waals surface area contributed by atoms with Gasteiger partial charge in [-0.2, -0.15) is 0 Å². The van der Waals surface area contributed by atoms with Crippen LogP contribution in [0.4, 0.5) is 0 Å². The number of nitrogens with one attached hydrogen (secondary N) is 1. The summed E-state index contributed by atoms with van der Waals surface area (Å²) in [5.41, 5.74) is 0.987. The third-order valence-corrected chi connectivity index (χ3v) is 6.88. The van der Waals surface area contributed by atoms with Crippen molar-refractivity contribution in [2.75, 3.05) is 31.9 Å². The molecule has 0 spiro atoms. The molecule has 0 atom stereocenters. The molecule has 1 aromatic rings. The number of piperidine rings is 1. The molecule has 1 saturated heterocycles.